The molecule has 0 spiro atoms. The summed E-state index contributed by atoms with van der Waals surface area (Å²) < 4.78 is 5.37. The standard InChI is InChI=1S/C18H23N5O2/c1-14(23-9-11-25-12-10-23)13-19-17-8-7-16(21-22-17)18(24)20-15-5-3-2-4-6-15/h2-8,14H,9-13H2,1H3,(H,19,22)(H,20,24). The molecular weight excluding hydrogens is 318 g/mol. The molecule has 1 aromatic carbocycles. The molecule has 1 unspecified atom stereocenters. The van der Waals surface area contributed by atoms with E-state index in [-0.39, 0.29) is 11.6 Å². The number of anilines is 2. The molecule has 3 rings (SSSR count). The van der Waals surface area contributed by atoms with Crippen molar-refractivity contribution in [2.75, 3.05) is 43.5 Å². The predicted molar refractivity (Wildman–Crippen MR) is 96.8 cm³/mol. The van der Waals surface area contributed by atoms with Gasteiger partial charge in [-0.3, -0.25) is 9.69 Å². The predicted octanol–water partition coefficient (Wildman–Crippen LogP) is 1.86. The minimum absolute atomic E-state index is 0.271. The average Bonchev–Trinajstić information content (AvgIpc) is 2.68. The van der Waals surface area contributed by atoms with Crippen LogP contribution in [0.4, 0.5) is 11.5 Å². The zero-order chi connectivity index (χ0) is 17.5. The van der Waals surface area contributed by atoms with Crippen molar-refractivity contribution in [3.63, 3.8) is 0 Å². The Hall–Kier alpha value is -2.51. The van der Waals surface area contributed by atoms with Gasteiger partial charge in [0.25, 0.3) is 5.91 Å². The van der Waals surface area contributed by atoms with Crippen LogP contribution in [0, 0.1) is 0 Å². The van der Waals surface area contributed by atoms with Gasteiger partial charge < -0.3 is 15.4 Å². The number of nitrogens with one attached hydrogen (secondary N) is 2. The van der Waals surface area contributed by atoms with Crippen LogP contribution in [0.1, 0.15) is 17.4 Å². The van der Waals surface area contributed by atoms with Crippen LogP contribution in [0.5, 0.6) is 0 Å². The SMILES string of the molecule is CC(CNc1ccc(C(=O)Nc2ccccc2)nn1)N1CCOCC1. The molecule has 1 saturated heterocycles. The van der Waals surface area contributed by atoms with Gasteiger partial charge in [0.15, 0.2) is 5.69 Å². The van der Waals surface area contributed by atoms with Crippen molar-refractivity contribution in [1.82, 2.24) is 15.1 Å². The molecule has 2 heterocycles. The Kier molecular flexibility index (Phi) is 5.92. The number of hydrogen-bond donors (Lipinski definition) is 2. The van der Waals surface area contributed by atoms with Crippen LogP contribution >= 0.6 is 0 Å². The lowest BCUT2D eigenvalue weighted by molar-refractivity contribution is 0.0227. The number of para-hydroxylation sites is 1. The number of morpholine rings is 1. The lowest BCUT2D eigenvalue weighted by Crippen LogP contribution is -2.45. The molecule has 7 heteroatoms. The van der Waals surface area contributed by atoms with Gasteiger partial charge in [-0.2, -0.15) is 0 Å². The minimum atomic E-state index is -0.271. The zero-order valence-corrected chi connectivity index (χ0v) is 14.3. The number of nitrogens with zero attached hydrogens (tertiary/aromatic N) is 3. The Bertz CT molecular complexity index is 672. The average molecular weight is 341 g/mol. The molecule has 0 saturated carbocycles. The van der Waals surface area contributed by atoms with Crippen LogP contribution in [0.15, 0.2) is 42.5 Å². The number of benzene rings is 1. The Morgan fingerprint density at radius 1 is 1.16 bits per heavy atom. The summed E-state index contributed by atoms with van der Waals surface area (Å²) >= 11 is 0. The summed E-state index contributed by atoms with van der Waals surface area (Å²) in [5.74, 6) is 0.392. The molecule has 1 aliphatic rings. The monoisotopic (exact) mass is 341 g/mol. The van der Waals surface area contributed by atoms with Crippen molar-refractivity contribution in [1.29, 1.82) is 0 Å². The number of rotatable bonds is 6. The molecule has 0 aliphatic carbocycles. The summed E-state index contributed by atoms with van der Waals surface area (Å²) in [6, 6.07) is 13.1. The highest BCUT2D eigenvalue weighted by Gasteiger charge is 2.17. The molecule has 2 aromatic rings. The summed E-state index contributed by atoms with van der Waals surface area (Å²) in [7, 11) is 0. The van der Waals surface area contributed by atoms with E-state index < -0.39 is 0 Å². The van der Waals surface area contributed by atoms with Crippen molar-refractivity contribution >= 4 is 17.4 Å². The number of carbonyl (C=O) groups excluding carboxylic acids is 1. The second kappa shape index (κ2) is 8.55. The van der Waals surface area contributed by atoms with Crippen LogP contribution in [-0.2, 0) is 4.74 Å². The molecule has 2 N–H and O–H groups in total. The molecular formula is C18H23N5O2. The molecule has 25 heavy (non-hydrogen) atoms. The van der Waals surface area contributed by atoms with E-state index in [2.05, 4.69) is 32.7 Å². The Balaban J connectivity index is 1.50. The fraction of sp³-hybridized carbons (Fsp3) is 0.389. The van der Waals surface area contributed by atoms with Gasteiger partial charge in [0.05, 0.1) is 13.2 Å². The molecule has 1 amide bonds. The maximum absolute atomic E-state index is 12.1. The maximum atomic E-state index is 12.1. The highest BCUT2D eigenvalue weighted by atomic mass is 16.5. The van der Waals surface area contributed by atoms with Gasteiger partial charge in [-0.25, -0.2) is 0 Å². The second-order valence-corrected chi connectivity index (χ2v) is 6.00. The van der Waals surface area contributed by atoms with E-state index in [1.807, 2.05) is 30.3 Å². The van der Waals surface area contributed by atoms with Crippen molar-refractivity contribution in [2.24, 2.45) is 0 Å². The summed E-state index contributed by atoms with van der Waals surface area (Å²) in [5, 5.41) is 14.2. The number of amides is 1. The molecule has 1 fully saturated rings. The van der Waals surface area contributed by atoms with Crippen LogP contribution in [0.2, 0.25) is 0 Å². The van der Waals surface area contributed by atoms with Crippen molar-refractivity contribution in [2.45, 2.75) is 13.0 Å². The van der Waals surface area contributed by atoms with E-state index in [4.69, 9.17) is 4.74 Å². The number of aromatic nitrogens is 2. The van der Waals surface area contributed by atoms with Gasteiger partial charge in [-0.05, 0) is 31.2 Å². The van der Waals surface area contributed by atoms with Crippen molar-refractivity contribution in [3.8, 4) is 0 Å². The van der Waals surface area contributed by atoms with Gasteiger partial charge in [0.2, 0.25) is 0 Å². The minimum Gasteiger partial charge on any atom is -0.379 e. The van der Waals surface area contributed by atoms with Crippen LogP contribution < -0.4 is 10.6 Å². The van der Waals surface area contributed by atoms with E-state index in [0.29, 0.717) is 11.9 Å². The number of ether oxygens (including phenoxy) is 1. The van der Waals surface area contributed by atoms with E-state index in [1.54, 1.807) is 12.1 Å². The topological polar surface area (TPSA) is 79.4 Å². The van der Waals surface area contributed by atoms with Gasteiger partial charge >= 0.3 is 0 Å². The van der Waals surface area contributed by atoms with Gasteiger partial charge in [-0.15, -0.1) is 10.2 Å². The van der Waals surface area contributed by atoms with E-state index >= 15 is 0 Å². The highest BCUT2D eigenvalue weighted by molar-refractivity contribution is 6.02. The summed E-state index contributed by atoms with van der Waals surface area (Å²) in [5.41, 5.74) is 1.02. The third-order valence-corrected chi connectivity index (χ3v) is 4.18. The number of carbonyl (C=O) groups is 1. The van der Waals surface area contributed by atoms with E-state index in [0.717, 1.165) is 38.5 Å². The fourth-order valence-electron chi connectivity index (χ4n) is 2.66. The van der Waals surface area contributed by atoms with Crippen LogP contribution in [0.3, 0.4) is 0 Å². The smallest absolute Gasteiger partial charge is 0.276 e. The summed E-state index contributed by atoms with van der Waals surface area (Å²) in [6.07, 6.45) is 0. The van der Waals surface area contributed by atoms with Gasteiger partial charge in [0, 0.05) is 31.4 Å². The Labute approximate surface area is 147 Å². The Morgan fingerprint density at radius 3 is 2.60 bits per heavy atom. The van der Waals surface area contributed by atoms with Crippen LogP contribution in [0.25, 0.3) is 0 Å². The molecule has 1 aromatic heterocycles. The first-order valence-corrected chi connectivity index (χ1v) is 8.48. The van der Waals surface area contributed by atoms with Gasteiger partial charge in [-0.1, -0.05) is 18.2 Å². The molecule has 132 valence electrons. The first-order valence-electron chi connectivity index (χ1n) is 8.48. The van der Waals surface area contributed by atoms with Crippen molar-refractivity contribution < 1.29 is 9.53 Å². The fourth-order valence-corrected chi connectivity index (χ4v) is 2.66. The van der Waals surface area contributed by atoms with Gasteiger partial charge in [0.1, 0.15) is 5.82 Å². The highest BCUT2D eigenvalue weighted by Crippen LogP contribution is 2.09. The third-order valence-electron chi connectivity index (χ3n) is 4.18. The quantitative estimate of drug-likeness (QED) is 0.835. The molecule has 1 aliphatic heterocycles. The molecule has 1 atom stereocenters. The lowest BCUT2D eigenvalue weighted by Gasteiger charge is -2.32. The third kappa shape index (κ3) is 4.98. The largest absolute Gasteiger partial charge is 0.379 e. The molecule has 7 nitrogen and oxygen atoms in total. The normalized spacial score (nSPS) is 16.2. The lowest BCUT2D eigenvalue weighted by atomic mass is 10.2. The Morgan fingerprint density at radius 2 is 1.92 bits per heavy atom. The zero-order valence-electron chi connectivity index (χ0n) is 14.3. The van der Waals surface area contributed by atoms with E-state index in [9.17, 15) is 4.79 Å². The van der Waals surface area contributed by atoms with Crippen LogP contribution in [-0.4, -0.2) is 59.9 Å². The molecule has 0 bridgehead atoms. The first-order chi connectivity index (χ1) is 12.2. The summed E-state index contributed by atoms with van der Waals surface area (Å²) in [4.78, 5) is 14.5. The number of hydrogen-bond acceptors (Lipinski definition) is 6. The first kappa shape index (κ1) is 17.3. The molecule has 0 radical (unpaired) electrons. The van der Waals surface area contributed by atoms with E-state index in [1.165, 1.54) is 0 Å². The second-order valence-electron chi connectivity index (χ2n) is 6.00. The summed E-state index contributed by atoms with van der Waals surface area (Å²) in [6.45, 7) is 6.42. The maximum Gasteiger partial charge on any atom is 0.276 e. The van der Waals surface area contributed by atoms with Crippen molar-refractivity contribution in [3.05, 3.63) is 48.2 Å².